The van der Waals surface area contributed by atoms with E-state index in [1.807, 2.05) is 27.7 Å². The molecular weight excluding hydrogens is 489 g/mol. The Morgan fingerprint density at radius 3 is 2.17 bits per heavy atom. The van der Waals surface area contributed by atoms with E-state index >= 15 is 0 Å². The summed E-state index contributed by atoms with van der Waals surface area (Å²) in [5.41, 5.74) is 2.21. The lowest BCUT2D eigenvalue weighted by atomic mass is 9.96. The van der Waals surface area contributed by atoms with Gasteiger partial charge in [-0.2, -0.15) is 0 Å². The normalized spacial score (nSPS) is 15.3. The fourth-order valence-electron chi connectivity index (χ4n) is 3.26. The number of nitrogens with one attached hydrogen (secondary N) is 3. The monoisotopic (exact) mass is 529 g/mol. The highest BCUT2D eigenvalue weighted by Crippen LogP contribution is 2.14. The number of guanidine groups is 1. The first-order chi connectivity index (χ1) is 13.9. The van der Waals surface area contributed by atoms with E-state index in [1.54, 1.807) is 0 Å². The molecule has 0 atom stereocenters. The SMILES string of the molecule is CCNC(=NCc1ccc(CN2CCCCC2)cc1)NCCNC(=O)C(C)(C)C.I. The van der Waals surface area contributed by atoms with Crippen LogP contribution in [0.15, 0.2) is 29.3 Å². The highest BCUT2D eigenvalue weighted by molar-refractivity contribution is 14.0. The van der Waals surface area contributed by atoms with Gasteiger partial charge >= 0.3 is 0 Å². The third-order valence-corrected chi connectivity index (χ3v) is 5.03. The number of rotatable bonds is 8. The number of nitrogens with zero attached hydrogens (tertiary/aromatic N) is 2. The van der Waals surface area contributed by atoms with E-state index in [2.05, 4.69) is 50.1 Å². The molecule has 3 N–H and O–H groups in total. The summed E-state index contributed by atoms with van der Waals surface area (Å²) in [5.74, 6) is 0.834. The van der Waals surface area contributed by atoms with Gasteiger partial charge in [0.1, 0.15) is 0 Å². The predicted molar refractivity (Wildman–Crippen MR) is 136 cm³/mol. The number of carbonyl (C=O) groups is 1. The Bertz CT molecular complexity index is 649. The van der Waals surface area contributed by atoms with Gasteiger partial charge in [-0.1, -0.05) is 51.5 Å². The molecule has 6 nitrogen and oxygen atoms in total. The Hall–Kier alpha value is -1.35. The molecule has 1 aromatic carbocycles. The van der Waals surface area contributed by atoms with Gasteiger partial charge in [0, 0.05) is 31.6 Å². The van der Waals surface area contributed by atoms with Crippen LogP contribution in [0.2, 0.25) is 0 Å². The zero-order chi connectivity index (χ0) is 21.1. The zero-order valence-electron chi connectivity index (χ0n) is 19.1. The molecule has 1 fully saturated rings. The number of hydrogen-bond donors (Lipinski definition) is 3. The first-order valence-corrected chi connectivity index (χ1v) is 11.0. The maximum atomic E-state index is 11.9. The second-order valence-corrected chi connectivity index (χ2v) is 8.78. The summed E-state index contributed by atoms with van der Waals surface area (Å²) in [7, 11) is 0. The molecule has 1 aliphatic rings. The maximum absolute atomic E-state index is 11.9. The van der Waals surface area contributed by atoms with Crippen molar-refractivity contribution in [2.24, 2.45) is 10.4 Å². The standard InChI is InChI=1S/C23H39N5O.HI/c1-5-24-22(26-14-13-25-21(29)23(2,3)4)27-17-19-9-11-20(12-10-19)18-28-15-7-6-8-16-28;/h9-12H,5-8,13-18H2,1-4H3,(H,25,29)(H2,24,26,27);1H. The van der Waals surface area contributed by atoms with Crippen molar-refractivity contribution < 1.29 is 4.79 Å². The molecule has 170 valence electrons. The summed E-state index contributed by atoms with van der Waals surface area (Å²) in [6, 6.07) is 8.80. The smallest absolute Gasteiger partial charge is 0.225 e. The fraction of sp³-hybridized carbons (Fsp3) is 0.652. The second kappa shape index (κ2) is 13.9. The molecule has 7 heteroatoms. The average molecular weight is 530 g/mol. The van der Waals surface area contributed by atoms with Crippen LogP contribution in [0.1, 0.15) is 58.1 Å². The molecule has 2 rings (SSSR count). The Morgan fingerprint density at radius 2 is 1.57 bits per heavy atom. The number of halogens is 1. The molecule has 0 bridgehead atoms. The van der Waals surface area contributed by atoms with E-state index < -0.39 is 0 Å². The van der Waals surface area contributed by atoms with Crippen LogP contribution in [-0.2, 0) is 17.9 Å². The van der Waals surface area contributed by atoms with E-state index in [0.717, 1.165) is 19.0 Å². The van der Waals surface area contributed by atoms with Crippen LogP contribution < -0.4 is 16.0 Å². The van der Waals surface area contributed by atoms with Crippen LogP contribution >= 0.6 is 24.0 Å². The summed E-state index contributed by atoms with van der Waals surface area (Å²) in [6.07, 6.45) is 4.03. The lowest BCUT2D eigenvalue weighted by Gasteiger charge is -2.26. The number of piperidine rings is 1. The largest absolute Gasteiger partial charge is 0.357 e. The Balaban J connectivity index is 0.00000450. The van der Waals surface area contributed by atoms with Gasteiger partial charge in [0.15, 0.2) is 5.96 Å². The molecule has 0 radical (unpaired) electrons. The minimum atomic E-state index is -0.362. The second-order valence-electron chi connectivity index (χ2n) is 8.78. The number of hydrogen-bond acceptors (Lipinski definition) is 3. The van der Waals surface area contributed by atoms with Crippen LogP contribution in [0.4, 0.5) is 0 Å². The maximum Gasteiger partial charge on any atom is 0.225 e. The molecule has 30 heavy (non-hydrogen) atoms. The molecular formula is C23H40IN5O. The van der Waals surface area contributed by atoms with Crippen molar-refractivity contribution in [2.75, 3.05) is 32.7 Å². The third kappa shape index (κ3) is 10.1. The molecule has 1 amide bonds. The quantitative estimate of drug-likeness (QED) is 0.209. The van der Waals surface area contributed by atoms with Crippen molar-refractivity contribution in [3.63, 3.8) is 0 Å². The number of amides is 1. The van der Waals surface area contributed by atoms with Crippen molar-refractivity contribution in [3.05, 3.63) is 35.4 Å². The van der Waals surface area contributed by atoms with Gasteiger partial charge in [-0.3, -0.25) is 9.69 Å². The van der Waals surface area contributed by atoms with E-state index in [9.17, 15) is 4.79 Å². The van der Waals surface area contributed by atoms with Crippen LogP contribution in [0.25, 0.3) is 0 Å². The molecule has 1 heterocycles. The van der Waals surface area contributed by atoms with Gasteiger partial charge in [0.25, 0.3) is 0 Å². The first kappa shape index (κ1) is 26.7. The van der Waals surface area contributed by atoms with E-state index in [-0.39, 0.29) is 35.3 Å². The van der Waals surface area contributed by atoms with E-state index in [1.165, 1.54) is 43.5 Å². The summed E-state index contributed by atoms with van der Waals surface area (Å²) < 4.78 is 0. The Labute approximate surface area is 199 Å². The van der Waals surface area contributed by atoms with Crippen molar-refractivity contribution in [3.8, 4) is 0 Å². The van der Waals surface area contributed by atoms with Crippen LogP contribution in [0.3, 0.4) is 0 Å². The van der Waals surface area contributed by atoms with Gasteiger partial charge in [0.05, 0.1) is 6.54 Å². The molecule has 1 aliphatic heterocycles. The number of aliphatic imine (C=N–C) groups is 1. The Morgan fingerprint density at radius 1 is 0.967 bits per heavy atom. The van der Waals surface area contributed by atoms with Gasteiger partial charge in [-0.15, -0.1) is 24.0 Å². The molecule has 0 saturated carbocycles. The summed E-state index contributed by atoms with van der Waals surface area (Å²) >= 11 is 0. The molecule has 0 aromatic heterocycles. The highest BCUT2D eigenvalue weighted by Gasteiger charge is 2.20. The molecule has 1 aromatic rings. The molecule has 1 saturated heterocycles. The Kier molecular flexibility index (Phi) is 12.3. The van der Waals surface area contributed by atoms with E-state index in [4.69, 9.17) is 0 Å². The lowest BCUT2D eigenvalue weighted by Crippen LogP contribution is -2.43. The minimum absolute atomic E-state index is 0. The molecule has 0 aliphatic carbocycles. The van der Waals surface area contributed by atoms with Gasteiger partial charge in [-0.05, 0) is 44.0 Å². The van der Waals surface area contributed by atoms with Crippen molar-refractivity contribution >= 4 is 35.8 Å². The fourth-order valence-corrected chi connectivity index (χ4v) is 3.26. The van der Waals surface area contributed by atoms with Gasteiger partial charge in [-0.25, -0.2) is 4.99 Å². The molecule has 0 spiro atoms. The number of carbonyl (C=O) groups excluding carboxylic acids is 1. The summed E-state index contributed by atoms with van der Waals surface area (Å²) in [6.45, 7) is 13.9. The number of likely N-dealkylation sites (tertiary alicyclic amines) is 1. The lowest BCUT2D eigenvalue weighted by molar-refractivity contribution is -0.128. The summed E-state index contributed by atoms with van der Waals surface area (Å²) in [4.78, 5) is 19.1. The highest BCUT2D eigenvalue weighted by atomic mass is 127. The molecule has 0 unspecified atom stereocenters. The zero-order valence-corrected chi connectivity index (χ0v) is 21.4. The van der Waals surface area contributed by atoms with Crippen LogP contribution in [0.5, 0.6) is 0 Å². The average Bonchev–Trinajstić information content (AvgIpc) is 2.70. The predicted octanol–water partition coefficient (Wildman–Crippen LogP) is 3.51. The minimum Gasteiger partial charge on any atom is -0.357 e. The first-order valence-electron chi connectivity index (χ1n) is 11.0. The van der Waals surface area contributed by atoms with Crippen molar-refractivity contribution in [1.82, 2.24) is 20.9 Å². The van der Waals surface area contributed by atoms with Gasteiger partial charge < -0.3 is 16.0 Å². The number of benzene rings is 1. The summed E-state index contributed by atoms with van der Waals surface area (Å²) in [5, 5.41) is 9.48. The topological polar surface area (TPSA) is 68.8 Å². The van der Waals surface area contributed by atoms with Crippen LogP contribution in [-0.4, -0.2) is 49.5 Å². The third-order valence-electron chi connectivity index (χ3n) is 5.03. The van der Waals surface area contributed by atoms with Crippen molar-refractivity contribution in [2.45, 2.75) is 60.0 Å². The van der Waals surface area contributed by atoms with Crippen molar-refractivity contribution in [1.29, 1.82) is 0 Å². The van der Waals surface area contributed by atoms with E-state index in [0.29, 0.717) is 19.6 Å². The van der Waals surface area contributed by atoms with Crippen LogP contribution in [0, 0.1) is 5.41 Å². The van der Waals surface area contributed by atoms with Gasteiger partial charge in [0.2, 0.25) is 5.91 Å².